The van der Waals surface area contributed by atoms with Gasteiger partial charge in [0, 0.05) is 43.6 Å². The molecule has 13 heteroatoms. The van der Waals surface area contributed by atoms with Crippen molar-refractivity contribution in [1.82, 2.24) is 30.2 Å². The van der Waals surface area contributed by atoms with Gasteiger partial charge in [-0.15, -0.1) is 18.3 Å². The van der Waals surface area contributed by atoms with Gasteiger partial charge in [-0.3, -0.25) is 14.9 Å². The van der Waals surface area contributed by atoms with Crippen molar-refractivity contribution < 1.29 is 32.2 Å². The summed E-state index contributed by atoms with van der Waals surface area (Å²) < 4.78 is 45.7. The van der Waals surface area contributed by atoms with Gasteiger partial charge in [-0.25, -0.2) is 4.79 Å². The molecule has 10 nitrogen and oxygen atoms in total. The highest BCUT2D eigenvalue weighted by Crippen LogP contribution is 2.32. The fraction of sp³-hybridized carbons (Fsp3) is 0.381. The van der Waals surface area contributed by atoms with Gasteiger partial charge in [0.05, 0.1) is 17.4 Å². The number of rotatable bonds is 4. The lowest BCUT2D eigenvalue weighted by atomic mass is 10.0. The second-order valence-electron chi connectivity index (χ2n) is 8.27. The zero-order valence-corrected chi connectivity index (χ0v) is 17.7. The summed E-state index contributed by atoms with van der Waals surface area (Å²) in [6, 6.07) is 7.61. The molecule has 2 aromatic heterocycles. The maximum Gasteiger partial charge on any atom is 0.573 e. The first-order chi connectivity index (χ1) is 16.2. The third-order valence-electron chi connectivity index (χ3n) is 5.98. The van der Waals surface area contributed by atoms with Gasteiger partial charge in [0.15, 0.2) is 0 Å². The molecule has 178 valence electrons. The van der Waals surface area contributed by atoms with Crippen molar-refractivity contribution in [3.05, 3.63) is 47.8 Å². The van der Waals surface area contributed by atoms with Crippen molar-refractivity contribution in [2.75, 3.05) is 26.2 Å². The van der Waals surface area contributed by atoms with Crippen molar-refractivity contribution in [1.29, 1.82) is 0 Å². The van der Waals surface area contributed by atoms with Crippen LogP contribution in [0.4, 0.5) is 18.0 Å². The number of nitrogens with zero attached hydrogens (tertiary/aromatic N) is 5. The number of ether oxygens (including phenoxy) is 2. The number of aromatic amines is 1. The van der Waals surface area contributed by atoms with Crippen molar-refractivity contribution in [2.45, 2.75) is 13.0 Å². The Kier molecular flexibility index (Phi) is 5.46. The summed E-state index contributed by atoms with van der Waals surface area (Å²) in [5, 5.41) is 10.4. The normalized spacial score (nSPS) is 20.0. The fourth-order valence-corrected chi connectivity index (χ4v) is 4.38. The fourth-order valence-electron chi connectivity index (χ4n) is 4.38. The van der Waals surface area contributed by atoms with Gasteiger partial charge in [0.2, 0.25) is 0 Å². The molecule has 2 aliphatic heterocycles. The van der Waals surface area contributed by atoms with E-state index in [1.54, 1.807) is 28.0 Å². The highest BCUT2D eigenvalue weighted by molar-refractivity contribution is 5.97. The van der Waals surface area contributed by atoms with Gasteiger partial charge in [0.25, 0.3) is 5.91 Å². The van der Waals surface area contributed by atoms with Crippen molar-refractivity contribution in [2.24, 2.45) is 11.8 Å². The molecule has 2 saturated heterocycles. The molecule has 1 N–H and O–H groups in total. The van der Waals surface area contributed by atoms with Crippen molar-refractivity contribution >= 4 is 23.0 Å². The Morgan fingerprint density at radius 3 is 2.47 bits per heavy atom. The Hall–Kier alpha value is -3.90. The molecule has 2 amide bonds. The largest absolute Gasteiger partial charge is 0.573 e. The topological polar surface area (TPSA) is 114 Å². The first-order valence-electron chi connectivity index (χ1n) is 10.5. The van der Waals surface area contributed by atoms with E-state index in [0.717, 1.165) is 17.8 Å². The highest BCUT2D eigenvalue weighted by Gasteiger charge is 2.43. The van der Waals surface area contributed by atoms with Crippen molar-refractivity contribution in [3.8, 4) is 5.75 Å². The van der Waals surface area contributed by atoms with Crippen LogP contribution in [0, 0.1) is 11.8 Å². The van der Waals surface area contributed by atoms with Crippen LogP contribution in [0.25, 0.3) is 11.0 Å². The number of hydrogen-bond donors (Lipinski definition) is 1. The third kappa shape index (κ3) is 4.58. The Bertz CT molecular complexity index is 1200. The molecule has 34 heavy (non-hydrogen) atoms. The standard InChI is InChI=1S/C21H19F3N6O4/c22-21(23,24)34-16-3-2-15(25-6-16)11-33-20(32)30-9-13-7-29(8-14(13)10-30)19(31)12-1-4-17-18(5-12)27-28-26-17/h1-6,13-14H,7-11H2,(H,26,27,28)/t13-,14-/m0/s1. The van der Waals surface area contributed by atoms with Crippen LogP contribution in [-0.4, -0.2) is 74.7 Å². The summed E-state index contributed by atoms with van der Waals surface area (Å²) in [6.07, 6.45) is -4.40. The molecule has 2 atom stereocenters. The lowest BCUT2D eigenvalue weighted by molar-refractivity contribution is -0.274. The number of benzene rings is 1. The number of fused-ring (bicyclic) bond motifs is 2. The molecular formula is C21H19F3N6O4. The summed E-state index contributed by atoms with van der Waals surface area (Å²) in [7, 11) is 0. The van der Waals surface area contributed by atoms with Crippen LogP contribution in [0.15, 0.2) is 36.5 Å². The number of aromatic nitrogens is 4. The number of amides is 2. The van der Waals surface area contributed by atoms with Gasteiger partial charge < -0.3 is 19.3 Å². The third-order valence-corrected chi connectivity index (χ3v) is 5.98. The van der Waals surface area contributed by atoms with Crippen LogP contribution in [0.2, 0.25) is 0 Å². The molecule has 5 rings (SSSR count). The van der Waals surface area contributed by atoms with Gasteiger partial charge >= 0.3 is 12.5 Å². The Morgan fingerprint density at radius 1 is 1.06 bits per heavy atom. The maximum atomic E-state index is 12.9. The van der Waals surface area contributed by atoms with Crippen LogP contribution >= 0.6 is 0 Å². The summed E-state index contributed by atoms with van der Waals surface area (Å²) in [5.74, 6) is -0.249. The monoisotopic (exact) mass is 476 g/mol. The van der Waals surface area contributed by atoms with Gasteiger partial charge in [-0.1, -0.05) is 5.21 Å². The quantitative estimate of drug-likeness (QED) is 0.616. The van der Waals surface area contributed by atoms with E-state index in [0.29, 0.717) is 43.0 Å². The molecule has 0 saturated carbocycles. The number of pyridine rings is 1. The van der Waals surface area contributed by atoms with Crippen molar-refractivity contribution in [3.63, 3.8) is 0 Å². The minimum atomic E-state index is -4.80. The predicted molar refractivity (Wildman–Crippen MR) is 109 cm³/mol. The first kappa shape index (κ1) is 21.9. The summed E-state index contributed by atoms with van der Waals surface area (Å²) >= 11 is 0. The average Bonchev–Trinajstić information content (AvgIpc) is 3.51. The molecule has 0 spiro atoms. The maximum absolute atomic E-state index is 12.9. The van der Waals surface area contributed by atoms with E-state index in [-0.39, 0.29) is 24.3 Å². The Balaban J connectivity index is 1.11. The molecule has 2 aliphatic rings. The second-order valence-corrected chi connectivity index (χ2v) is 8.27. The Morgan fingerprint density at radius 2 is 1.79 bits per heavy atom. The number of hydrogen-bond acceptors (Lipinski definition) is 7. The van der Waals surface area contributed by atoms with Crippen LogP contribution in [-0.2, 0) is 11.3 Å². The van der Waals surface area contributed by atoms with Crippen LogP contribution in [0.5, 0.6) is 5.75 Å². The summed E-state index contributed by atoms with van der Waals surface area (Å²) in [5.41, 5.74) is 2.21. The highest BCUT2D eigenvalue weighted by atomic mass is 19.4. The summed E-state index contributed by atoms with van der Waals surface area (Å²) in [6.45, 7) is 1.81. The zero-order chi connectivity index (χ0) is 23.9. The van der Waals surface area contributed by atoms with E-state index < -0.39 is 18.2 Å². The minimum Gasteiger partial charge on any atom is -0.443 e. The number of carbonyl (C=O) groups excluding carboxylic acids is 2. The molecule has 1 aromatic carbocycles. The van der Waals surface area contributed by atoms with E-state index in [1.807, 2.05) is 0 Å². The van der Waals surface area contributed by atoms with Gasteiger partial charge in [-0.05, 0) is 30.3 Å². The van der Waals surface area contributed by atoms with Crippen LogP contribution in [0.3, 0.4) is 0 Å². The molecule has 4 heterocycles. The predicted octanol–water partition coefficient (Wildman–Crippen LogP) is 2.59. The molecule has 0 aliphatic carbocycles. The number of carbonyl (C=O) groups is 2. The number of alkyl halides is 3. The smallest absolute Gasteiger partial charge is 0.443 e. The first-order valence-corrected chi connectivity index (χ1v) is 10.5. The van der Waals surface area contributed by atoms with E-state index >= 15 is 0 Å². The molecule has 3 aromatic rings. The number of H-pyrrole nitrogens is 1. The lowest BCUT2D eigenvalue weighted by Gasteiger charge is -2.21. The van der Waals surface area contributed by atoms with E-state index in [2.05, 4.69) is 25.1 Å². The molecule has 0 bridgehead atoms. The number of nitrogens with one attached hydrogen (secondary N) is 1. The van der Waals surface area contributed by atoms with E-state index in [9.17, 15) is 22.8 Å². The van der Waals surface area contributed by atoms with Crippen LogP contribution < -0.4 is 4.74 Å². The SMILES string of the molecule is O=C(OCc1ccc(OC(F)(F)F)cn1)N1C[C@@H]2CN(C(=O)c3ccc4[nH]nnc4c3)C[C@H]2C1. The van der Waals surface area contributed by atoms with Crippen LogP contribution in [0.1, 0.15) is 16.1 Å². The van der Waals surface area contributed by atoms with Gasteiger partial charge in [0.1, 0.15) is 17.9 Å². The Labute approximate surface area is 190 Å². The number of halogens is 3. The summed E-state index contributed by atoms with van der Waals surface area (Å²) in [4.78, 5) is 32.5. The molecular weight excluding hydrogens is 457 g/mol. The molecule has 0 radical (unpaired) electrons. The molecule has 2 fully saturated rings. The minimum absolute atomic E-state index is 0.0857. The molecule has 0 unspecified atom stereocenters. The van der Waals surface area contributed by atoms with E-state index in [1.165, 1.54) is 6.07 Å². The van der Waals surface area contributed by atoms with E-state index in [4.69, 9.17) is 4.74 Å². The lowest BCUT2D eigenvalue weighted by Crippen LogP contribution is -2.35. The average molecular weight is 476 g/mol. The number of likely N-dealkylation sites (tertiary alicyclic amines) is 2. The van der Waals surface area contributed by atoms with Gasteiger partial charge in [-0.2, -0.15) is 0 Å². The second kappa shape index (κ2) is 8.47. The zero-order valence-electron chi connectivity index (χ0n) is 17.7.